The van der Waals surface area contributed by atoms with Crippen molar-refractivity contribution in [1.82, 2.24) is 9.80 Å². The predicted octanol–water partition coefficient (Wildman–Crippen LogP) is 6.01. The van der Waals surface area contributed by atoms with Gasteiger partial charge in [0.15, 0.2) is 0 Å². The van der Waals surface area contributed by atoms with Crippen molar-refractivity contribution in [3.8, 4) is 11.1 Å². The molecule has 2 aliphatic rings. The summed E-state index contributed by atoms with van der Waals surface area (Å²) < 4.78 is 6.04. The number of nitrogens with zero attached hydrogens (tertiary/aromatic N) is 2. The number of fused-ring (bicyclic) bond motifs is 1. The summed E-state index contributed by atoms with van der Waals surface area (Å²) in [4.78, 5) is 17.8. The Morgan fingerprint density at radius 2 is 2.06 bits per heavy atom. The first-order chi connectivity index (χ1) is 17.4. The van der Waals surface area contributed by atoms with Crippen LogP contribution in [0.2, 0.25) is 0 Å². The Kier molecular flexibility index (Phi) is 6.80. The van der Waals surface area contributed by atoms with Gasteiger partial charge in [-0.25, -0.2) is 0 Å². The first kappa shape index (κ1) is 24.4. The van der Waals surface area contributed by atoms with Crippen molar-refractivity contribution in [2.24, 2.45) is 11.8 Å². The molecule has 2 fully saturated rings. The Labute approximate surface area is 212 Å². The molecule has 1 aliphatic carbocycles. The molecule has 1 aliphatic heterocycles. The van der Waals surface area contributed by atoms with Crippen LogP contribution in [-0.4, -0.2) is 42.1 Å². The van der Waals surface area contributed by atoms with Crippen LogP contribution in [0.5, 0.6) is 0 Å². The highest BCUT2D eigenvalue weighted by molar-refractivity contribution is 5.94. The fourth-order valence-electron chi connectivity index (χ4n) is 5.74. The average Bonchev–Trinajstić information content (AvgIpc) is 3.70. The van der Waals surface area contributed by atoms with Gasteiger partial charge in [-0.05, 0) is 79.3 Å². The Hall–Kier alpha value is -3.25. The summed E-state index contributed by atoms with van der Waals surface area (Å²) in [5.74, 6) is 1.46. The smallest absolute Gasteiger partial charge is 0.200 e. The van der Waals surface area contributed by atoms with E-state index in [4.69, 9.17) is 15.2 Å². The normalized spacial score (nSPS) is 19.2. The standard InChI is InChI=1S/C30H36N4O2/c1-19-6-5-11-34(15-19)16-21-12-20(2)29-25(13-21)28(35)26(17-36-29)23-7-4-8-24(14-23)27(22-9-10-22)30(32)33(3)18-31/h4,7-8,12-14,17-19,22,27,31-32H,5-6,9-11,15-16H2,1-3H3/t19-,27?/m0/s1. The lowest BCUT2D eigenvalue weighted by Crippen LogP contribution is -2.33. The molecule has 3 aromatic rings. The number of benzene rings is 2. The van der Waals surface area contributed by atoms with E-state index in [1.165, 1.54) is 19.2 Å². The summed E-state index contributed by atoms with van der Waals surface area (Å²) in [5.41, 5.74) is 5.16. The van der Waals surface area contributed by atoms with Crippen LogP contribution in [0, 0.1) is 29.6 Å². The molecule has 0 spiro atoms. The summed E-state index contributed by atoms with van der Waals surface area (Å²) >= 11 is 0. The quantitative estimate of drug-likeness (QED) is 0.318. The Morgan fingerprint density at radius 1 is 1.25 bits per heavy atom. The molecule has 0 bridgehead atoms. The van der Waals surface area contributed by atoms with E-state index in [-0.39, 0.29) is 11.3 Å². The molecule has 6 heteroatoms. The van der Waals surface area contributed by atoms with Crippen LogP contribution in [0.15, 0.2) is 51.9 Å². The average molecular weight is 485 g/mol. The summed E-state index contributed by atoms with van der Waals surface area (Å²) in [7, 11) is 1.75. The van der Waals surface area contributed by atoms with Crippen molar-refractivity contribution in [3.05, 3.63) is 69.6 Å². The van der Waals surface area contributed by atoms with Gasteiger partial charge in [-0.15, -0.1) is 0 Å². The van der Waals surface area contributed by atoms with Crippen molar-refractivity contribution < 1.29 is 4.42 Å². The van der Waals surface area contributed by atoms with Crippen LogP contribution < -0.4 is 5.43 Å². The second-order valence-electron chi connectivity index (χ2n) is 10.8. The van der Waals surface area contributed by atoms with E-state index in [0.29, 0.717) is 34.2 Å². The van der Waals surface area contributed by atoms with Crippen molar-refractivity contribution in [2.45, 2.75) is 52.0 Å². The first-order valence-corrected chi connectivity index (χ1v) is 13.0. The number of nitrogens with one attached hydrogen (secondary N) is 2. The molecule has 6 nitrogen and oxygen atoms in total. The lowest BCUT2D eigenvalue weighted by atomic mass is 9.90. The number of likely N-dealkylation sites (N-methyl/N-ethyl adjacent to an activating group) is 1. The van der Waals surface area contributed by atoms with E-state index >= 15 is 0 Å². The second kappa shape index (κ2) is 10.0. The van der Waals surface area contributed by atoms with Crippen LogP contribution >= 0.6 is 0 Å². The molecule has 0 amide bonds. The molecular weight excluding hydrogens is 448 g/mol. The molecule has 1 saturated carbocycles. The third-order valence-corrected chi connectivity index (χ3v) is 7.78. The maximum Gasteiger partial charge on any atom is 0.200 e. The van der Waals surface area contributed by atoms with Gasteiger partial charge in [-0.1, -0.05) is 37.3 Å². The second-order valence-corrected chi connectivity index (χ2v) is 10.8. The highest BCUT2D eigenvalue weighted by atomic mass is 16.3. The monoisotopic (exact) mass is 484 g/mol. The molecule has 1 unspecified atom stereocenters. The molecule has 36 heavy (non-hydrogen) atoms. The molecule has 5 rings (SSSR count). The van der Waals surface area contributed by atoms with Crippen molar-refractivity contribution in [3.63, 3.8) is 0 Å². The topological polar surface area (TPSA) is 84.4 Å². The Morgan fingerprint density at radius 3 is 2.78 bits per heavy atom. The van der Waals surface area contributed by atoms with Gasteiger partial charge >= 0.3 is 0 Å². The van der Waals surface area contributed by atoms with E-state index in [1.54, 1.807) is 18.2 Å². The zero-order valence-electron chi connectivity index (χ0n) is 21.5. The number of hydrogen-bond acceptors (Lipinski definition) is 5. The van der Waals surface area contributed by atoms with E-state index in [1.807, 2.05) is 37.3 Å². The van der Waals surface area contributed by atoms with Gasteiger partial charge < -0.3 is 9.32 Å². The third-order valence-electron chi connectivity index (χ3n) is 7.78. The molecule has 1 aromatic heterocycles. The molecule has 2 heterocycles. The lowest BCUT2D eigenvalue weighted by molar-refractivity contribution is 0.176. The van der Waals surface area contributed by atoms with Crippen molar-refractivity contribution in [1.29, 1.82) is 10.8 Å². The Balaban J connectivity index is 1.51. The summed E-state index contributed by atoms with van der Waals surface area (Å²) in [6.07, 6.45) is 7.45. The highest BCUT2D eigenvalue weighted by Gasteiger charge is 2.36. The summed E-state index contributed by atoms with van der Waals surface area (Å²) in [6, 6.07) is 12.1. The number of likely N-dealkylation sites (tertiary alicyclic amines) is 1. The number of hydrogen-bond donors (Lipinski definition) is 2. The number of rotatable bonds is 7. The molecule has 2 N–H and O–H groups in total. The van der Waals surface area contributed by atoms with Crippen LogP contribution in [0.1, 0.15) is 55.2 Å². The highest BCUT2D eigenvalue weighted by Crippen LogP contribution is 2.44. The van der Waals surface area contributed by atoms with Crippen LogP contribution in [0.4, 0.5) is 0 Å². The van der Waals surface area contributed by atoms with Crippen LogP contribution in [-0.2, 0) is 6.54 Å². The SMILES string of the molecule is Cc1cc(CN2CCC[C@H](C)C2)cc2c(=O)c(-c3cccc(C(C(=N)N(C)C=N)C4CC4)c3)coc12. The van der Waals surface area contributed by atoms with Crippen LogP contribution in [0.25, 0.3) is 22.1 Å². The lowest BCUT2D eigenvalue weighted by Gasteiger charge is -2.30. The van der Waals surface area contributed by atoms with Gasteiger partial charge in [0.2, 0.25) is 5.43 Å². The largest absolute Gasteiger partial charge is 0.463 e. The molecule has 0 radical (unpaired) electrons. The summed E-state index contributed by atoms with van der Waals surface area (Å²) in [6.45, 7) is 7.38. The van der Waals surface area contributed by atoms with E-state index in [0.717, 1.165) is 54.7 Å². The minimum Gasteiger partial charge on any atom is -0.463 e. The molecule has 188 valence electrons. The molecule has 2 atom stereocenters. The zero-order valence-corrected chi connectivity index (χ0v) is 21.5. The minimum atomic E-state index is -0.0789. The molecular formula is C30H36N4O2. The van der Waals surface area contributed by atoms with E-state index in [2.05, 4.69) is 17.9 Å². The van der Waals surface area contributed by atoms with Gasteiger partial charge in [0.1, 0.15) is 17.7 Å². The van der Waals surface area contributed by atoms with Gasteiger partial charge in [0.25, 0.3) is 0 Å². The van der Waals surface area contributed by atoms with E-state index < -0.39 is 0 Å². The Bertz CT molecular complexity index is 1360. The third kappa shape index (κ3) is 4.87. The number of aryl methyl sites for hydroxylation is 1. The zero-order chi connectivity index (χ0) is 25.4. The van der Waals surface area contributed by atoms with Gasteiger partial charge in [-0.2, -0.15) is 0 Å². The van der Waals surface area contributed by atoms with E-state index in [9.17, 15) is 4.79 Å². The van der Waals surface area contributed by atoms with Crippen LogP contribution in [0.3, 0.4) is 0 Å². The van der Waals surface area contributed by atoms with Gasteiger partial charge in [0, 0.05) is 26.1 Å². The minimum absolute atomic E-state index is 0.0139. The maximum atomic E-state index is 13.7. The fraction of sp³-hybridized carbons (Fsp3) is 0.433. The fourth-order valence-corrected chi connectivity index (χ4v) is 5.74. The number of piperidine rings is 1. The van der Waals surface area contributed by atoms with Gasteiger partial charge in [0.05, 0.1) is 17.3 Å². The number of amidine groups is 1. The van der Waals surface area contributed by atoms with Gasteiger partial charge in [-0.3, -0.25) is 20.5 Å². The molecule has 2 aromatic carbocycles. The molecule has 1 saturated heterocycles. The van der Waals surface area contributed by atoms with Crippen molar-refractivity contribution in [2.75, 3.05) is 20.1 Å². The summed E-state index contributed by atoms with van der Waals surface area (Å²) in [5, 5.41) is 16.8. The predicted molar refractivity (Wildman–Crippen MR) is 146 cm³/mol. The van der Waals surface area contributed by atoms with Crippen molar-refractivity contribution >= 4 is 23.1 Å². The maximum absolute atomic E-state index is 13.7. The first-order valence-electron chi connectivity index (χ1n) is 13.0.